The summed E-state index contributed by atoms with van der Waals surface area (Å²) in [5.74, 6) is -0.106. The summed E-state index contributed by atoms with van der Waals surface area (Å²) < 4.78 is 19.0. The molecule has 1 rings (SSSR count). The summed E-state index contributed by atoms with van der Waals surface area (Å²) in [6.45, 7) is 5.19. The van der Waals surface area contributed by atoms with Crippen LogP contribution in [0.4, 0.5) is 4.39 Å². The van der Waals surface area contributed by atoms with E-state index < -0.39 is 0 Å². The van der Waals surface area contributed by atoms with Crippen LogP contribution in [-0.4, -0.2) is 25.8 Å². The van der Waals surface area contributed by atoms with Crippen LogP contribution in [0.1, 0.15) is 38.7 Å². The molecule has 1 aromatic rings. The number of halogens is 1. The smallest absolute Gasteiger partial charge is 0.126 e. The Hall–Kier alpha value is -0.930. The van der Waals surface area contributed by atoms with Crippen LogP contribution in [0, 0.1) is 5.82 Å². The zero-order chi connectivity index (χ0) is 14.1. The second-order valence-corrected chi connectivity index (χ2v) is 5.07. The molecule has 0 aromatic heterocycles. The van der Waals surface area contributed by atoms with Crippen molar-refractivity contribution in [2.24, 2.45) is 0 Å². The molecule has 3 heteroatoms. The lowest BCUT2D eigenvalue weighted by atomic mass is 10.00. The quantitative estimate of drug-likeness (QED) is 0.739. The van der Waals surface area contributed by atoms with Gasteiger partial charge in [-0.1, -0.05) is 25.1 Å². The molecule has 0 saturated carbocycles. The van der Waals surface area contributed by atoms with Crippen LogP contribution in [-0.2, 0) is 11.2 Å². The van der Waals surface area contributed by atoms with Crippen molar-refractivity contribution in [3.8, 4) is 0 Å². The molecule has 1 N–H and O–H groups in total. The van der Waals surface area contributed by atoms with E-state index in [1.54, 1.807) is 13.2 Å². The van der Waals surface area contributed by atoms with E-state index in [0.29, 0.717) is 6.04 Å². The molecule has 2 unspecified atom stereocenters. The minimum atomic E-state index is -0.106. The highest BCUT2D eigenvalue weighted by molar-refractivity contribution is 5.18. The van der Waals surface area contributed by atoms with Crippen molar-refractivity contribution in [1.82, 2.24) is 5.32 Å². The Morgan fingerprint density at radius 3 is 2.63 bits per heavy atom. The Balaban J connectivity index is 2.55. The van der Waals surface area contributed by atoms with E-state index in [1.165, 1.54) is 6.07 Å². The van der Waals surface area contributed by atoms with Crippen LogP contribution in [0.15, 0.2) is 24.3 Å². The molecule has 19 heavy (non-hydrogen) atoms. The van der Waals surface area contributed by atoms with E-state index >= 15 is 0 Å². The fraction of sp³-hybridized carbons (Fsp3) is 0.625. The van der Waals surface area contributed by atoms with Crippen molar-refractivity contribution in [1.29, 1.82) is 0 Å². The van der Waals surface area contributed by atoms with Gasteiger partial charge >= 0.3 is 0 Å². The summed E-state index contributed by atoms with van der Waals surface area (Å²) in [5.41, 5.74) is 0.793. The lowest BCUT2D eigenvalue weighted by Gasteiger charge is -2.20. The van der Waals surface area contributed by atoms with Crippen LogP contribution in [0.2, 0.25) is 0 Å². The highest BCUT2D eigenvalue weighted by Crippen LogP contribution is 2.13. The van der Waals surface area contributed by atoms with Crippen molar-refractivity contribution >= 4 is 0 Å². The first-order valence-corrected chi connectivity index (χ1v) is 7.17. The molecule has 0 spiro atoms. The van der Waals surface area contributed by atoms with E-state index in [0.717, 1.165) is 37.8 Å². The van der Waals surface area contributed by atoms with Crippen molar-refractivity contribution in [3.63, 3.8) is 0 Å². The fourth-order valence-electron chi connectivity index (χ4n) is 2.11. The highest BCUT2D eigenvalue weighted by Gasteiger charge is 2.13. The Labute approximate surface area is 116 Å². The molecule has 0 aliphatic heterocycles. The first-order chi connectivity index (χ1) is 9.17. The molecule has 0 bridgehead atoms. The molecule has 108 valence electrons. The number of nitrogens with one attached hydrogen (secondary N) is 1. The molecular formula is C16H26FNO. The standard InChI is InChI=1S/C16H26FNO/c1-4-11-18-15(10-9-13(2)19-3)12-14-7-5-6-8-16(14)17/h5-8,13,15,18H,4,9-12H2,1-3H3. The third-order valence-electron chi connectivity index (χ3n) is 3.43. The normalized spacial score (nSPS) is 14.3. The number of rotatable bonds is 9. The highest BCUT2D eigenvalue weighted by atomic mass is 19.1. The molecular weight excluding hydrogens is 241 g/mol. The molecule has 0 aliphatic rings. The van der Waals surface area contributed by atoms with Gasteiger partial charge in [-0.05, 0) is 50.8 Å². The maximum atomic E-state index is 13.7. The first kappa shape index (κ1) is 16.1. The molecule has 1 aromatic carbocycles. The second kappa shape index (κ2) is 9.05. The van der Waals surface area contributed by atoms with E-state index in [9.17, 15) is 4.39 Å². The minimum absolute atomic E-state index is 0.106. The Morgan fingerprint density at radius 2 is 2.00 bits per heavy atom. The maximum Gasteiger partial charge on any atom is 0.126 e. The SMILES string of the molecule is CCCNC(CCC(C)OC)Cc1ccccc1F. The van der Waals surface area contributed by atoms with E-state index in [1.807, 2.05) is 12.1 Å². The largest absolute Gasteiger partial charge is 0.382 e. The number of hydrogen-bond donors (Lipinski definition) is 1. The maximum absolute atomic E-state index is 13.7. The fourth-order valence-corrected chi connectivity index (χ4v) is 2.11. The number of ether oxygens (including phenoxy) is 1. The second-order valence-electron chi connectivity index (χ2n) is 5.07. The molecule has 0 heterocycles. The van der Waals surface area contributed by atoms with Gasteiger partial charge in [-0.3, -0.25) is 0 Å². The van der Waals surface area contributed by atoms with Crippen molar-refractivity contribution < 1.29 is 9.13 Å². The average molecular weight is 267 g/mol. The van der Waals surface area contributed by atoms with Crippen molar-refractivity contribution in [2.75, 3.05) is 13.7 Å². The number of methoxy groups -OCH3 is 1. The average Bonchev–Trinajstić information content (AvgIpc) is 2.43. The third kappa shape index (κ3) is 6.17. The summed E-state index contributed by atoms with van der Waals surface area (Å²) >= 11 is 0. The van der Waals surface area contributed by atoms with Gasteiger partial charge in [-0.2, -0.15) is 0 Å². The van der Waals surface area contributed by atoms with Gasteiger partial charge in [-0.25, -0.2) is 4.39 Å². The Kier molecular flexibility index (Phi) is 7.68. The third-order valence-corrected chi connectivity index (χ3v) is 3.43. The van der Waals surface area contributed by atoms with Gasteiger partial charge in [0.25, 0.3) is 0 Å². The summed E-state index contributed by atoms with van der Waals surface area (Å²) in [7, 11) is 1.73. The predicted octanol–water partition coefficient (Wildman–Crippen LogP) is 3.55. The monoisotopic (exact) mass is 267 g/mol. The van der Waals surface area contributed by atoms with Gasteiger partial charge in [0.05, 0.1) is 6.10 Å². The Bertz CT molecular complexity index is 356. The molecule has 0 amide bonds. The van der Waals surface area contributed by atoms with Gasteiger partial charge < -0.3 is 10.1 Å². The van der Waals surface area contributed by atoms with E-state index in [2.05, 4.69) is 19.2 Å². The van der Waals surface area contributed by atoms with Gasteiger partial charge in [0.15, 0.2) is 0 Å². The summed E-state index contributed by atoms with van der Waals surface area (Å²) in [6.07, 6.45) is 4.08. The lowest BCUT2D eigenvalue weighted by Crippen LogP contribution is -2.33. The topological polar surface area (TPSA) is 21.3 Å². The van der Waals surface area contributed by atoms with Crippen LogP contribution in [0.5, 0.6) is 0 Å². The molecule has 0 fully saturated rings. The van der Waals surface area contributed by atoms with Gasteiger partial charge in [0.2, 0.25) is 0 Å². The van der Waals surface area contributed by atoms with Crippen LogP contribution in [0.3, 0.4) is 0 Å². The molecule has 0 saturated heterocycles. The van der Waals surface area contributed by atoms with E-state index in [4.69, 9.17) is 4.74 Å². The van der Waals surface area contributed by atoms with Gasteiger partial charge in [-0.15, -0.1) is 0 Å². The van der Waals surface area contributed by atoms with Crippen molar-refractivity contribution in [3.05, 3.63) is 35.6 Å². The van der Waals surface area contributed by atoms with Crippen LogP contribution >= 0.6 is 0 Å². The summed E-state index contributed by atoms with van der Waals surface area (Å²) in [4.78, 5) is 0. The molecule has 2 atom stereocenters. The van der Waals surface area contributed by atoms with Gasteiger partial charge in [0.1, 0.15) is 5.82 Å². The van der Waals surface area contributed by atoms with Crippen LogP contribution in [0.25, 0.3) is 0 Å². The summed E-state index contributed by atoms with van der Waals surface area (Å²) in [5, 5.41) is 3.50. The number of hydrogen-bond acceptors (Lipinski definition) is 2. The molecule has 0 radical (unpaired) electrons. The summed E-state index contributed by atoms with van der Waals surface area (Å²) in [6, 6.07) is 7.35. The Morgan fingerprint density at radius 1 is 1.26 bits per heavy atom. The number of benzene rings is 1. The zero-order valence-corrected chi connectivity index (χ0v) is 12.3. The molecule has 2 nitrogen and oxygen atoms in total. The predicted molar refractivity (Wildman–Crippen MR) is 77.9 cm³/mol. The first-order valence-electron chi connectivity index (χ1n) is 7.17. The van der Waals surface area contributed by atoms with Gasteiger partial charge in [0, 0.05) is 13.2 Å². The lowest BCUT2D eigenvalue weighted by molar-refractivity contribution is 0.106. The van der Waals surface area contributed by atoms with Crippen LogP contribution < -0.4 is 5.32 Å². The van der Waals surface area contributed by atoms with E-state index in [-0.39, 0.29) is 11.9 Å². The minimum Gasteiger partial charge on any atom is -0.382 e. The molecule has 0 aliphatic carbocycles. The van der Waals surface area contributed by atoms with Crippen molar-refractivity contribution in [2.45, 2.75) is 51.7 Å². The zero-order valence-electron chi connectivity index (χ0n) is 12.3.